The van der Waals surface area contributed by atoms with Crippen molar-refractivity contribution in [1.29, 1.82) is 5.26 Å². The number of hydrogen-bond acceptors (Lipinski definition) is 2. The van der Waals surface area contributed by atoms with Crippen LogP contribution >= 0.6 is 0 Å². The van der Waals surface area contributed by atoms with E-state index < -0.39 is 0 Å². The van der Waals surface area contributed by atoms with Gasteiger partial charge in [-0.05, 0) is 37.5 Å². The lowest BCUT2D eigenvalue weighted by molar-refractivity contribution is 0.264. The summed E-state index contributed by atoms with van der Waals surface area (Å²) in [6.07, 6.45) is 6.75. The van der Waals surface area contributed by atoms with Crippen molar-refractivity contribution in [2.24, 2.45) is 5.41 Å². The highest BCUT2D eigenvalue weighted by Gasteiger charge is 2.43. The molecule has 1 aliphatic carbocycles. The molecule has 0 unspecified atom stereocenters. The van der Waals surface area contributed by atoms with Gasteiger partial charge in [-0.25, -0.2) is 0 Å². The zero-order chi connectivity index (χ0) is 11.4. The molecule has 0 atom stereocenters. The van der Waals surface area contributed by atoms with E-state index >= 15 is 0 Å². The lowest BCUT2D eigenvalue weighted by Gasteiger charge is -2.33. The maximum atomic E-state index is 8.77. The lowest BCUT2D eigenvalue weighted by atomic mass is 9.88. The summed E-state index contributed by atoms with van der Waals surface area (Å²) in [6.45, 7) is 7.80. The molecule has 0 aliphatic heterocycles. The molecular formula is C13H24N2. The fraction of sp³-hybridized carbons (Fsp3) is 0.923. The molecule has 1 fully saturated rings. The first-order chi connectivity index (χ1) is 7.16. The van der Waals surface area contributed by atoms with Crippen LogP contribution in [0.2, 0.25) is 0 Å². The number of rotatable bonds is 7. The largest absolute Gasteiger partial charge is 0.311 e. The highest BCUT2D eigenvalue weighted by molar-refractivity contribution is 5.02. The van der Waals surface area contributed by atoms with Crippen LogP contribution < -0.4 is 5.32 Å². The average Bonchev–Trinajstić information content (AvgIpc) is 3.02. The van der Waals surface area contributed by atoms with Gasteiger partial charge in [0.1, 0.15) is 0 Å². The van der Waals surface area contributed by atoms with Gasteiger partial charge in [0.2, 0.25) is 0 Å². The first kappa shape index (κ1) is 12.5. The molecule has 2 heteroatoms. The highest BCUT2D eigenvalue weighted by atomic mass is 15.0. The summed E-state index contributed by atoms with van der Waals surface area (Å²) in [6, 6.07) is 2.32. The van der Waals surface area contributed by atoms with Gasteiger partial charge in [0.25, 0.3) is 0 Å². The third-order valence-electron chi connectivity index (χ3n) is 4.28. The normalized spacial score (nSPS) is 18.5. The molecule has 1 saturated carbocycles. The molecule has 86 valence electrons. The Kier molecular flexibility index (Phi) is 4.16. The molecule has 0 heterocycles. The van der Waals surface area contributed by atoms with Crippen molar-refractivity contribution in [3.05, 3.63) is 0 Å². The van der Waals surface area contributed by atoms with Crippen LogP contribution in [0.4, 0.5) is 0 Å². The topological polar surface area (TPSA) is 35.8 Å². The third kappa shape index (κ3) is 2.95. The maximum Gasteiger partial charge on any atom is 0.0628 e. The molecule has 0 bridgehead atoms. The summed E-state index contributed by atoms with van der Waals surface area (Å²) in [7, 11) is 0. The lowest BCUT2D eigenvalue weighted by Crippen LogP contribution is -2.46. The molecule has 0 saturated heterocycles. The van der Waals surface area contributed by atoms with E-state index in [1.54, 1.807) is 0 Å². The van der Waals surface area contributed by atoms with Crippen LogP contribution in [0.1, 0.15) is 59.3 Å². The van der Waals surface area contributed by atoms with Crippen LogP contribution in [0.3, 0.4) is 0 Å². The molecule has 0 aromatic rings. The van der Waals surface area contributed by atoms with Crippen molar-refractivity contribution < 1.29 is 0 Å². The van der Waals surface area contributed by atoms with Gasteiger partial charge < -0.3 is 5.32 Å². The van der Waals surface area contributed by atoms with E-state index in [9.17, 15) is 0 Å². The molecule has 0 aromatic carbocycles. The van der Waals surface area contributed by atoms with E-state index in [-0.39, 0.29) is 0 Å². The van der Waals surface area contributed by atoms with Crippen molar-refractivity contribution in [2.75, 3.05) is 6.54 Å². The van der Waals surface area contributed by atoms with Crippen molar-refractivity contribution in [3.8, 4) is 6.07 Å². The second kappa shape index (κ2) is 4.99. The van der Waals surface area contributed by atoms with Crippen molar-refractivity contribution in [3.63, 3.8) is 0 Å². The van der Waals surface area contributed by atoms with E-state index in [0.29, 0.717) is 11.0 Å². The van der Waals surface area contributed by atoms with Gasteiger partial charge >= 0.3 is 0 Å². The fourth-order valence-corrected chi connectivity index (χ4v) is 2.26. The summed E-state index contributed by atoms with van der Waals surface area (Å²) in [4.78, 5) is 0. The monoisotopic (exact) mass is 208 g/mol. The molecule has 0 radical (unpaired) electrons. The molecule has 0 aromatic heterocycles. The Balaban J connectivity index is 2.44. The molecule has 0 amide bonds. The van der Waals surface area contributed by atoms with Crippen molar-refractivity contribution in [1.82, 2.24) is 5.32 Å². The van der Waals surface area contributed by atoms with E-state index in [4.69, 9.17) is 5.26 Å². The fourth-order valence-electron chi connectivity index (χ4n) is 2.26. The smallest absolute Gasteiger partial charge is 0.0628 e. The maximum absolute atomic E-state index is 8.77. The highest BCUT2D eigenvalue weighted by Crippen LogP contribution is 2.48. The van der Waals surface area contributed by atoms with Crippen LogP contribution in [-0.4, -0.2) is 12.1 Å². The Hall–Kier alpha value is -0.550. The summed E-state index contributed by atoms with van der Waals surface area (Å²) < 4.78 is 0. The molecule has 1 aliphatic rings. The zero-order valence-electron chi connectivity index (χ0n) is 10.4. The van der Waals surface area contributed by atoms with Gasteiger partial charge in [0, 0.05) is 18.5 Å². The predicted octanol–water partition coefficient (Wildman–Crippen LogP) is 3.24. The minimum Gasteiger partial charge on any atom is -0.311 e. The third-order valence-corrected chi connectivity index (χ3v) is 4.28. The molecule has 2 nitrogen and oxygen atoms in total. The molecule has 15 heavy (non-hydrogen) atoms. The van der Waals surface area contributed by atoms with E-state index in [2.05, 4.69) is 32.2 Å². The van der Waals surface area contributed by atoms with Gasteiger partial charge in [-0.1, -0.05) is 20.8 Å². The van der Waals surface area contributed by atoms with Crippen LogP contribution in [0, 0.1) is 16.7 Å². The molecule has 1 N–H and O–H groups in total. The van der Waals surface area contributed by atoms with E-state index in [0.717, 1.165) is 13.0 Å². The van der Waals surface area contributed by atoms with Crippen LogP contribution in [0.5, 0.6) is 0 Å². The zero-order valence-corrected chi connectivity index (χ0v) is 10.4. The second-order valence-corrected chi connectivity index (χ2v) is 5.03. The van der Waals surface area contributed by atoms with Crippen LogP contribution in [-0.2, 0) is 0 Å². The van der Waals surface area contributed by atoms with Crippen LogP contribution in [0.25, 0.3) is 0 Å². The molecule has 1 rings (SSSR count). The van der Waals surface area contributed by atoms with Gasteiger partial charge in [-0.15, -0.1) is 0 Å². The first-order valence-electron chi connectivity index (χ1n) is 6.28. The quantitative estimate of drug-likeness (QED) is 0.697. The van der Waals surface area contributed by atoms with Crippen molar-refractivity contribution in [2.45, 2.75) is 64.8 Å². The number of nitrogens with zero attached hydrogens (tertiary/aromatic N) is 1. The standard InChI is InChI=1S/C13H24N2/c1-4-13(5-2,6-3)15-11-12(7-8-12)9-10-14/h15H,4-9,11H2,1-3H3. The second-order valence-electron chi connectivity index (χ2n) is 5.03. The van der Waals surface area contributed by atoms with Crippen molar-refractivity contribution >= 4 is 0 Å². The summed E-state index contributed by atoms with van der Waals surface area (Å²) in [5, 5.41) is 12.5. The Morgan fingerprint density at radius 1 is 1.20 bits per heavy atom. The number of nitrogens with one attached hydrogen (secondary N) is 1. The van der Waals surface area contributed by atoms with E-state index in [1.807, 2.05) is 0 Å². The Labute approximate surface area is 94.1 Å². The molecular weight excluding hydrogens is 184 g/mol. The average molecular weight is 208 g/mol. The minimum absolute atomic E-state index is 0.311. The van der Waals surface area contributed by atoms with Gasteiger partial charge in [0.05, 0.1) is 6.07 Å². The van der Waals surface area contributed by atoms with E-state index in [1.165, 1.54) is 32.1 Å². The predicted molar refractivity (Wildman–Crippen MR) is 63.5 cm³/mol. The summed E-state index contributed by atoms with van der Waals surface area (Å²) >= 11 is 0. The Morgan fingerprint density at radius 2 is 1.73 bits per heavy atom. The molecule has 0 spiro atoms. The summed E-state index contributed by atoms with van der Waals surface area (Å²) in [5.41, 5.74) is 0.643. The van der Waals surface area contributed by atoms with Gasteiger partial charge in [-0.3, -0.25) is 0 Å². The first-order valence-corrected chi connectivity index (χ1v) is 6.28. The van der Waals surface area contributed by atoms with Gasteiger partial charge in [-0.2, -0.15) is 5.26 Å². The Bertz CT molecular complexity index is 223. The van der Waals surface area contributed by atoms with Crippen LogP contribution in [0.15, 0.2) is 0 Å². The minimum atomic E-state index is 0.311. The number of hydrogen-bond donors (Lipinski definition) is 1. The Morgan fingerprint density at radius 3 is 2.07 bits per heavy atom. The SMILES string of the molecule is CCC(CC)(CC)NCC1(CC#N)CC1. The van der Waals surface area contributed by atoms with Gasteiger partial charge in [0.15, 0.2) is 0 Å². The summed E-state index contributed by atoms with van der Waals surface area (Å²) in [5.74, 6) is 0. The number of nitriles is 1.